The van der Waals surface area contributed by atoms with E-state index in [0.29, 0.717) is 12.8 Å². The summed E-state index contributed by atoms with van der Waals surface area (Å²) >= 11 is 0. The van der Waals surface area contributed by atoms with E-state index in [9.17, 15) is 13.2 Å². The molecule has 1 aliphatic carbocycles. The highest BCUT2D eigenvalue weighted by molar-refractivity contribution is 4.84. The van der Waals surface area contributed by atoms with E-state index < -0.39 is 12.2 Å². The van der Waals surface area contributed by atoms with Gasteiger partial charge >= 0.3 is 6.18 Å². The highest BCUT2D eigenvalue weighted by Gasteiger charge is 2.43. The summed E-state index contributed by atoms with van der Waals surface area (Å²) in [6.45, 7) is 4.00. The highest BCUT2D eigenvalue weighted by atomic mass is 19.4. The summed E-state index contributed by atoms with van der Waals surface area (Å²) in [6, 6.07) is -1.58. The molecule has 1 saturated carbocycles. The minimum Gasteiger partial charge on any atom is -0.320 e. The molecule has 0 aromatic carbocycles. The van der Waals surface area contributed by atoms with Crippen LogP contribution in [-0.4, -0.2) is 12.2 Å². The lowest BCUT2D eigenvalue weighted by Crippen LogP contribution is -2.46. The zero-order valence-electron chi connectivity index (χ0n) is 7.49. The molecule has 74 valence electrons. The van der Waals surface area contributed by atoms with E-state index in [1.54, 1.807) is 0 Å². The second kappa shape index (κ2) is 4.70. The quantitative estimate of drug-likeness (QED) is 0.664. The Morgan fingerprint density at radius 1 is 1.25 bits per heavy atom. The number of hydrogen-bond acceptors (Lipinski definition) is 1. The van der Waals surface area contributed by atoms with Crippen LogP contribution in [0.3, 0.4) is 0 Å². The summed E-state index contributed by atoms with van der Waals surface area (Å²) in [5, 5.41) is 0. The molecule has 1 atom stereocenters. The SMILES string of the molecule is CC.NC(C1CCC1)C(F)(F)F. The zero-order valence-corrected chi connectivity index (χ0v) is 7.49. The van der Waals surface area contributed by atoms with Crippen LogP contribution in [-0.2, 0) is 0 Å². The first-order valence-electron chi connectivity index (χ1n) is 4.34. The van der Waals surface area contributed by atoms with E-state index >= 15 is 0 Å². The maximum atomic E-state index is 11.8. The Morgan fingerprint density at radius 3 is 1.75 bits per heavy atom. The number of halogens is 3. The highest BCUT2D eigenvalue weighted by Crippen LogP contribution is 2.35. The monoisotopic (exact) mass is 183 g/mol. The van der Waals surface area contributed by atoms with Crippen LogP contribution < -0.4 is 5.73 Å². The third-order valence-electron chi connectivity index (χ3n) is 2.04. The van der Waals surface area contributed by atoms with Crippen LogP contribution in [0.4, 0.5) is 13.2 Å². The van der Waals surface area contributed by atoms with E-state index in [-0.39, 0.29) is 5.92 Å². The fourth-order valence-electron chi connectivity index (χ4n) is 1.07. The molecular weight excluding hydrogens is 167 g/mol. The van der Waals surface area contributed by atoms with Crippen molar-refractivity contribution in [3.05, 3.63) is 0 Å². The van der Waals surface area contributed by atoms with Gasteiger partial charge in [-0.05, 0) is 18.8 Å². The van der Waals surface area contributed by atoms with E-state index in [2.05, 4.69) is 0 Å². The molecule has 0 saturated heterocycles. The number of hydrogen-bond donors (Lipinski definition) is 1. The maximum absolute atomic E-state index is 11.8. The lowest BCUT2D eigenvalue weighted by Gasteiger charge is -2.32. The molecule has 0 amide bonds. The number of alkyl halides is 3. The first kappa shape index (κ1) is 11.8. The molecule has 4 heteroatoms. The van der Waals surface area contributed by atoms with Crippen molar-refractivity contribution in [1.82, 2.24) is 0 Å². The van der Waals surface area contributed by atoms with Gasteiger partial charge in [-0.2, -0.15) is 13.2 Å². The van der Waals surface area contributed by atoms with Gasteiger partial charge in [-0.3, -0.25) is 0 Å². The van der Waals surface area contributed by atoms with Crippen molar-refractivity contribution in [1.29, 1.82) is 0 Å². The van der Waals surface area contributed by atoms with Gasteiger partial charge in [0.2, 0.25) is 0 Å². The zero-order chi connectivity index (χ0) is 9.78. The average molecular weight is 183 g/mol. The van der Waals surface area contributed by atoms with Gasteiger partial charge in [0.15, 0.2) is 0 Å². The third kappa shape index (κ3) is 3.01. The van der Waals surface area contributed by atoms with E-state index in [1.165, 1.54) is 0 Å². The molecule has 0 spiro atoms. The molecule has 1 nitrogen and oxygen atoms in total. The second-order valence-corrected chi connectivity index (χ2v) is 2.76. The van der Waals surface area contributed by atoms with Crippen molar-refractivity contribution in [2.24, 2.45) is 11.7 Å². The van der Waals surface area contributed by atoms with Gasteiger partial charge in [0, 0.05) is 0 Å². The molecule has 1 rings (SSSR count). The second-order valence-electron chi connectivity index (χ2n) is 2.76. The van der Waals surface area contributed by atoms with Crippen LogP contribution in [0, 0.1) is 5.92 Å². The van der Waals surface area contributed by atoms with Crippen LogP contribution in [0.2, 0.25) is 0 Å². The van der Waals surface area contributed by atoms with Gasteiger partial charge in [0.25, 0.3) is 0 Å². The van der Waals surface area contributed by atoms with Gasteiger partial charge < -0.3 is 5.73 Å². The minimum atomic E-state index is -4.19. The molecule has 0 aromatic rings. The molecule has 12 heavy (non-hydrogen) atoms. The van der Waals surface area contributed by atoms with Gasteiger partial charge in [0.05, 0.1) is 0 Å². The molecule has 2 N–H and O–H groups in total. The topological polar surface area (TPSA) is 26.0 Å². The Kier molecular flexibility index (Phi) is 4.60. The summed E-state index contributed by atoms with van der Waals surface area (Å²) in [7, 11) is 0. The molecule has 0 aliphatic heterocycles. The fourth-order valence-corrected chi connectivity index (χ4v) is 1.07. The third-order valence-corrected chi connectivity index (χ3v) is 2.04. The number of nitrogens with two attached hydrogens (primary N) is 1. The van der Waals surface area contributed by atoms with Crippen molar-refractivity contribution < 1.29 is 13.2 Å². The molecule has 1 fully saturated rings. The molecular formula is C8H16F3N. The molecule has 0 heterocycles. The minimum absolute atomic E-state index is 0.306. The van der Waals surface area contributed by atoms with Gasteiger partial charge in [-0.25, -0.2) is 0 Å². The van der Waals surface area contributed by atoms with E-state index in [0.717, 1.165) is 6.42 Å². The summed E-state index contributed by atoms with van der Waals surface area (Å²) in [4.78, 5) is 0. The first-order chi connectivity index (χ1) is 5.52. The Morgan fingerprint density at radius 2 is 1.67 bits per heavy atom. The Hall–Kier alpha value is -0.250. The van der Waals surface area contributed by atoms with Crippen molar-refractivity contribution in [2.75, 3.05) is 0 Å². The predicted molar refractivity (Wildman–Crippen MR) is 42.7 cm³/mol. The summed E-state index contributed by atoms with van der Waals surface area (Å²) < 4.78 is 35.4. The standard InChI is InChI=1S/C6H10F3N.C2H6/c7-6(8,9)5(10)4-2-1-3-4;1-2/h4-5H,1-3,10H2;1-2H3. The Labute approximate surface area is 71.1 Å². The Bertz CT molecular complexity index is 118. The molecule has 1 aliphatic rings. The lowest BCUT2D eigenvalue weighted by molar-refractivity contribution is -0.164. The lowest BCUT2D eigenvalue weighted by atomic mass is 9.80. The number of rotatable bonds is 1. The predicted octanol–water partition coefficient (Wildman–Crippen LogP) is 2.70. The first-order valence-corrected chi connectivity index (χ1v) is 4.34. The maximum Gasteiger partial charge on any atom is 0.403 e. The van der Waals surface area contributed by atoms with Crippen molar-refractivity contribution in [3.63, 3.8) is 0 Å². The average Bonchev–Trinajstić information content (AvgIpc) is 1.86. The van der Waals surface area contributed by atoms with Crippen molar-refractivity contribution in [3.8, 4) is 0 Å². The largest absolute Gasteiger partial charge is 0.403 e. The van der Waals surface area contributed by atoms with Gasteiger partial charge in [0.1, 0.15) is 6.04 Å². The Balaban J connectivity index is 0.000000561. The molecule has 1 unspecified atom stereocenters. The van der Waals surface area contributed by atoms with Crippen LogP contribution in [0.15, 0.2) is 0 Å². The van der Waals surface area contributed by atoms with Gasteiger partial charge in [-0.1, -0.05) is 20.3 Å². The van der Waals surface area contributed by atoms with E-state index in [1.807, 2.05) is 13.8 Å². The van der Waals surface area contributed by atoms with Crippen LogP contribution in [0.1, 0.15) is 33.1 Å². The summed E-state index contributed by atoms with van der Waals surface area (Å²) in [5.41, 5.74) is 4.93. The van der Waals surface area contributed by atoms with Crippen LogP contribution in [0.25, 0.3) is 0 Å². The summed E-state index contributed by atoms with van der Waals surface area (Å²) in [5.74, 6) is -0.306. The smallest absolute Gasteiger partial charge is 0.320 e. The fraction of sp³-hybridized carbons (Fsp3) is 1.00. The van der Waals surface area contributed by atoms with Crippen molar-refractivity contribution in [2.45, 2.75) is 45.3 Å². The van der Waals surface area contributed by atoms with Crippen molar-refractivity contribution >= 4 is 0 Å². The molecule has 0 aromatic heterocycles. The molecule has 0 bridgehead atoms. The van der Waals surface area contributed by atoms with Crippen LogP contribution in [0.5, 0.6) is 0 Å². The normalized spacial score (nSPS) is 20.5. The van der Waals surface area contributed by atoms with Gasteiger partial charge in [-0.15, -0.1) is 0 Å². The summed E-state index contributed by atoms with van der Waals surface area (Å²) in [6.07, 6.45) is -2.01. The molecule has 0 radical (unpaired) electrons. The van der Waals surface area contributed by atoms with Crippen LogP contribution >= 0.6 is 0 Å². The van der Waals surface area contributed by atoms with E-state index in [4.69, 9.17) is 5.73 Å².